The molecule has 1 fully saturated rings. The molecule has 1 aromatic rings. The average Bonchev–Trinajstić information content (AvgIpc) is 2.95. The summed E-state index contributed by atoms with van der Waals surface area (Å²) in [6.45, 7) is 1.73. The van der Waals surface area contributed by atoms with Crippen molar-refractivity contribution in [2.45, 2.75) is 42.9 Å². The van der Waals surface area contributed by atoms with Gasteiger partial charge in [-0.15, -0.1) is 0 Å². The predicted octanol–water partition coefficient (Wildman–Crippen LogP) is 0.592. The van der Waals surface area contributed by atoms with Crippen LogP contribution in [-0.2, 0) is 21.4 Å². The zero-order valence-electron chi connectivity index (χ0n) is 14.1. The normalized spacial score (nSPS) is 35.4. The lowest BCUT2D eigenvalue weighted by molar-refractivity contribution is -0.148. The van der Waals surface area contributed by atoms with Crippen molar-refractivity contribution < 1.29 is 24.2 Å². The number of nitriles is 1. The summed E-state index contributed by atoms with van der Waals surface area (Å²) in [5.74, 6) is -0.0834. The van der Waals surface area contributed by atoms with E-state index in [1.807, 2.05) is 6.07 Å². The first kappa shape index (κ1) is 15.4. The van der Waals surface area contributed by atoms with E-state index in [0.29, 0.717) is 25.1 Å². The number of ether oxygens (including phenoxy) is 2. The minimum absolute atomic E-state index is 0.225. The molecule has 2 bridgehead atoms. The summed E-state index contributed by atoms with van der Waals surface area (Å²) in [6, 6.07) is 3.02. The molecule has 0 radical (unpaired) electrons. The molecule has 7 nitrogen and oxygen atoms in total. The Bertz CT molecular complexity index is 948. The van der Waals surface area contributed by atoms with Crippen molar-refractivity contribution in [3.8, 4) is 17.7 Å². The highest BCUT2D eigenvalue weighted by Crippen LogP contribution is 2.63. The summed E-state index contributed by atoms with van der Waals surface area (Å²) in [4.78, 5) is 25.7. The second-order valence-electron chi connectivity index (χ2n) is 7.31. The molecule has 4 atom stereocenters. The fourth-order valence-corrected chi connectivity index (χ4v) is 5.27. The van der Waals surface area contributed by atoms with E-state index in [2.05, 4.69) is 6.19 Å². The highest BCUT2D eigenvalue weighted by molar-refractivity contribution is 5.99. The molecule has 2 heterocycles. The Morgan fingerprint density at radius 3 is 3.04 bits per heavy atom. The van der Waals surface area contributed by atoms with E-state index in [1.165, 1.54) is 19.1 Å². The lowest BCUT2D eigenvalue weighted by atomic mass is 9.51. The van der Waals surface area contributed by atoms with E-state index < -0.39 is 29.1 Å². The maximum Gasteiger partial charge on any atom is 0.308 e. The number of likely N-dealkylation sites (tertiary alicyclic amines) is 1. The molecular weight excluding hydrogens is 336 g/mol. The lowest BCUT2D eigenvalue weighted by Gasteiger charge is -2.59. The van der Waals surface area contributed by atoms with Crippen LogP contribution < -0.4 is 9.47 Å². The number of hydrogen-bond donors (Lipinski definition) is 1. The van der Waals surface area contributed by atoms with Gasteiger partial charge in [0.1, 0.15) is 5.60 Å². The number of carbonyl (C=O) groups is 2. The van der Waals surface area contributed by atoms with Crippen LogP contribution in [0.1, 0.15) is 24.5 Å². The topological polar surface area (TPSA) is 99.9 Å². The van der Waals surface area contributed by atoms with Gasteiger partial charge in [0.2, 0.25) is 0 Å². The lowest BCUT2D eigenvalue weighted by Crippen LogP contribution is -2.74. The van der Waals surface area contributed by atoms with Gasteiger partial charge in [-0.1, -0.05) is 6.07 Å². The standard InChI is InChI=1S/C19H16N2O5/c1-10(22)25-13-3-2-11-8-14-19(24)5-4-12(23)17-18(19,6-7-21(14)9-20)15(11)16(13)26-17/h2-5,14,17,24H,6-8H2,1H3/t14-,17+,18+,19-/m1/s1. The van der Waals surface area contributed by atoms with Crippen molar-refractivity contribution in [2.75, 3.05) is 6.54 Å². The van der Waals surface area contributed by atoms with E-state index in [1.54, 1.807) is 11.0 Å². The highest BCUT2D eigenvalue weighted by atomic mass is 16.6. The minimum Gasteiger partial charge on any atom is -0.477 e. The summed E-state index contributed by atoms with van der Waals surface area (Å²) in [6.07, 6.45) is 5.01. The Balaban J connectivity index is 1.82. The van der Waals surface area contributed by atoms with Crippen LogP contribution in [0.15, 0.2) is 24.3 Å². The number of esters is 1. The molecule has 132 valence electrons. The summed E-state index contributed by atoms with van der Waals surface area (Å²) < 4.78 is 11.3. The van der Waals surface area contributed by atoms with Crippen LogP contribution in [0, 0.1) is 11.5 Å². The second-order valence-corrected chi connectivity index (χ2v) is 7.31. The van der Waals surface area contributed by atoms with Gasteiger partial charge in [-0.05, 0) is 36.6 Å². The summed E-state index contributed by atoms with van der Waals surface area (Å²) in [5, 5.41) is 21.2. The molecule has 1 N–H and O–H groups in total. The third-order valence-electron chi connectivity index (χ3n) is 6.24. The van der Waals surface area contributed by atoms with Crippen molar-refractivity contribution in [2.24, 2.45) is 0 Å². The zero-order valence-corrected chi connectivity index (χ0v) is 14.1. The molecule has 4 aliphatic rings. The number of carbonyl (C=O) groups excluding carboxylic acids is 2. The Kier molecular flexibility index (Phi) is 2.76. The van der Waals surface area contributed by atoms with Crippen LogP contribution >= 0.6 is 0 Å². The van der Waals surface area contributed by atoms with Gasteiger partial charge in [0.25, 0.3) is 0 Å². The molecular formula is C19H16N2O5. The third kappa shape index (κ3) is 1.52. The molecule has 2 aliphatic heterocycles. The van der Waals surface area contributed by atoms with Crippen molar-refractivity contribution in [3.63, 3.8) is 0 Å². The van der Waals surface area contributed by atoms with E-state index in [0.717, 1.165) is 11.1 Å². The van der Waals surface area contributed by atoms with Gasteiger partial charge in [0.05, 0.1) is 11.5 Å². The first-order valence-corrected chi connectivity index (χ1v) is 8.55. The first-order valence-electron chi connectivity index (χ1n) is 8.55. The van der Waals surface area contributed by atoms with E-state index in [4.69, 9.17) is 9.47 Å². The average molecular weight is 352 g/mol. The molecule has 0 amide bonds. The Hall–Kier alpha value is -2.85. The molecule has 1 aromatic carbocycles. The number of benzene rings is 1. The van der Waals surface area contributed by atoms with Crippen LogP contribution in [0.5, 0.6) is 11.5 Å². The van der Waals surface area contributed by atoms with Gasteiger partial charge in [0.15, 0.2) is 29.6 Å². The van der Waals surface area contributed by atoms with E-state index in [9.17, 15) is 20.0 Å². The molecule has 5 rings (SSSR count). The molecule has 7 heteroatoms. The van der Waals surface area contributed by atoms with Gasteiger partial charge in [0, 0.05) is 19.0 Å². The minimum atomic E-state index is -1.40. The van der Waals surface area contributed by atoms with Gasteiger partial charge >= 0.3 is 5.97 Å². The molecule has 0 aromatic heterocycles. The van der Waals surface area contributed by atoms with Gasteiger partial charge < -0.3 is 19.5 Å². The smallest absolute Gasteiger partial charge is 0.308 e. The van der Waals surface area contributed by atoms with Crippen LogP contribution in [0.2, 0.25) is 0 Å². The fraction of sp³-hybridized carbons (Fsp3) is 0.421. The van der Waals surface area contributed by atoms with Crippen LogP contribution in [-0.4, -0.2) is 46.1 Å². The maximum atomic E-state index is 12.6. The maximum absolute atomic E-state index is 12.6. The third-order valence-corrected chi connectivity index (χ3v) is 6.24. The molecule has 2 aliphatic carbocycles. The molecule has 0 saturated carbocycles. The van der Waals surface area contributed by atoms with E-state index >= 15 is 0 Å². The molecule has 0 unspecified atom stereocenters. The van der Waals surface area contributed by atoms with Gasteiger partial charge in [-0.25, -0.2) is 0 Å². The Morgan fingerprint density at radius 1 is 1.50 bits per heavy atom. The van der Waals surface area contributed by atoms with E-state index in [-0.39, 0.29) is 11.5 Å². The SMILES string of the molecule is CC(=O)Oc1ccc2c3c1O[C@H]1C(=O)C=C[C@@]4(O)[C@@H](C2)N(C#N)CC[C@]314. The quantitative estimate of drug-likeness (QED) is 0.449. The second kappa shape index (κ2) is 4.65. The zero-order chi connectivity index (χ0) is 18.3. The Morgan fingerprint density at radius 2 is 2.31 bits per heavy atom. The summed E-state index contributed by atoms with van der Waals surface area (Å²) >= 11 is 0. The fourth-order valence-electron chi connectivity index (χ4n) is 5.27. The van der Waals surface area contributed by atoms with Gasteiger partial charge in [-0.3, -0.25) is 9.59 Å². The monoisotopic (exact) mass is 352 g/mol. The molecule has 1 spiro atoms. The number of hydrogen-bond acceptors (Lipinski definition) is 7. The number of aliphatic hydroxyl groups is 1. The predicted molar refractivity (Wildman–Crippen MR) is 87.4 cm³/mol. The number of ketones is 1. The highest BCUT2D eigenvalue weighted by Gasteiger charge is 2.72. The number of piperidine rings is 1. The van der Waals surface area contributed by atoms with Crippen LogP contribution in [0.25, 0.3) is 0 Å². The summed E-state index contributed by atoms with van der Waals surface area (Å²) in [5.41, 5.74) is -0.700. The van der Waals surface area contributed by atoms with Crippen molar-refractivity contribution >= 4 is 11.8 Å². The van der Waals surface area contributed by atoms with Crippen LogP contribution in [0.3, 0.4) is 0 Å². The number of rotatable bonds is 1. The van der Waals surface area contributed by atoms with Crippen molar-refractivity contribution in [3.05, 3.63) is 35.4 Å². The first-order chi connectivity index (χ1) is 12.4. The number of nitrogens with zero attached hydrogens (tertiary/aromatic N) is 2. The summed E-state index contributed by atoms with van der Waals surface area (Å²) in [7, 11) is 0. The van der Waals surface area contributed by atoms with Gasteiger partial charge in [-0.2, -0.15) is 5.26 Å². The Labute approximate surface area is 149 Å². The van der Waals surface area contributed by atoms with Crippen LogP contribution in [0.4, 0.5) is 0 Å². The van der Waals surface area contributed by atoms with Crippen molar-refractivity contribution in [1.82, 2.24) is 4.90 Å². The van der Waals surface area contributed by atoms with Crippen molar-refractivity contribution in [1.29, 1.82) is 5.26 Å². The molecule has 26 heavy (non-hydrogen) atoms. The molecule has 1 saturated heterocycles. The largest absolute Gasteiger partial charge is 0.477 e.